The van der Waals surface area contributed by atoms with Gasteiger partial charge in [0.15, 0.2) is 5.54 Å². The van der Waals surface area contributed by atoms with E-state index in [9.17, 15) is 0 Å². The summed E-state index contributed by atoms with van der Waals surface area (Å²) in [6.07, 6.45) is 9.16. The standard InChI is InChI=1S/C28H40N3/c1-9-30-25-13-11-21(15-23(25)19(3)17-27(30,5)6)29-22-12-14-26-24(16-22)20(4)18-28(7,8)31(26)10-2/h11-16,19-20H,9-10,17-18H2,1-8H3/q+1. The molecule has 0 saturated heterocycles. The summed E-state index contributed by atoms with van der Waals surface area (Å²) < 4.78 is 2.55. The van der Waals surface area contributed by atoms with Gasteiger partial charge in [-0.3, -0.25) is 0 Å². The first-order chi connectivity index (χ1) is 14.6. The zero-order valence-electron chi connectivity index (χ0n) is 20.8. The number of benzene rings is 1. The number of nitrogens with zero attached hydrogens (tertiary/aromatic N) is 3. The molecule has 0 N–H and O–H groups in total. The van der Waals surface area contributed by atoms with Crippen LogP contribution in [0.3, 0.4) is 0 Å². The Morgan fingerprint density at radius 1 is 1.03 bits per heavy atom. The molecule has 31 heavy (non-hydrogen) atoms. The smallest absolute Gasteiger partial charge is 0.203 e. The van der Waals surface area contributed by atoms with Gasteiger partial charge in [-0.15, -0.1) is 0 Å². The van der Waals surface area contributed by atoms with E-state index >= 15 is 0 Å². The maximum atomic E-state index is 5.06. The highest BCUT2D eigenvalue weighted by molar-refractivity contribution is 6.20. The molecule has 1 aromatic rings. The average Bonchev–Trinajstić information content (AvgIpc) is 2.68. The fourth-order valence-electron chi connectivity index (χ4n) is 6.44. The zero-order valence-corrected chi connectivity index (χ0v) is 20.8. The number of fused-ring (bicyclic) bond motifs is 2. The molecule has 1 aromatic carbocycles. The molecule has 0 amide bonds. The molecule has 2 aliphatic heterocycles. The number of rotatable bonds is 3. The van der Waals surface area contributed by atoms with Gasteiger partial charge in [-0.05, 0) is 95.7 Å². The predicted molar refractivity (Wildman–Crippen MR) is 135 cm³/mol. The lowest BCUT2D eigenvalue weighted by Crippen LogP contribution is -2.48. The Morgan fingerprint density at radius 3 is 2.45 bits per heavy atom. The Morgan fingerprint density at radius 2 is 1.77 bits per heavy atom. The topological polar surface area (TPSA) is 18.6 Å². The molecule has 166 valence electrons. The van der Waals surface area contributed by atoms with E-state index in [0.29, 0.717) is 11.8 Å². The van der Waals surface area contributed by atoms with E-state index in [4.69, 9.17) is 4.99 Å². The molecule has 0 radical (unpaired) electrons. The number of hydrogen-bond donors (Lipinski definition) is 0. The quantitative estimate of drug-likeness (QED) is 0.397. The second-order valence-corrected chi connectivity index (χ2v) is 10.9. The van der Waals surface area contributed by atoms with Gasteiger partial charge >= 0.3 is 0 Å². The van der Waals surface area contributed by atoms with Gasteiger partial charge in [0.1, 0.15) is 6.54 Å². The SMILES string of the molecule is CCN1c2ccc(N=C3C=CC4=[N+](CC)C(C)(C)CC(C)C4=C3)cc2C(C)CC1(C)C. The summed E-state index contributed by atoms with van der Waals surface area (Å²) in [5.41, 5.74) is 8.17. The largest absolute Gasteiger partial charge is 0.366 e. The van der Waals surface area contributed by atoms with Crippen molar-refractivity contribution in [2.24, 2.45) is 10.9 Å². The lowest BCUT2D eigenvalue weighted by atomic mass is 9.78. The molecule has 4 rings (SSSR count). The first kappa shape index (κ1) is 22.0. The van der Waals surface area contributed by atoms with E-state index in [1.54, 1.807) is 0 Å². The van der Waals surface area contributed by atoms with Gasteiger partial charge < -0.3 is 4.90 Å². The maximum Gasteiger partial charge on any atom is 0.203 e. The molecule has 2 unspecified atom stereocenters. The van der Waals surface area contributed by atoms with Crippen LogP contribution in [0.2, 0.25) is 0 Å². The Bertz CT molecular complexity index is 1000. The van der Waals surface area contributed by atoms with Crippen LogP contribution in [0.4, 0.5) is 11.4 Å². The zero-order chi connectivity index (χ0) is 22.6. The van der Waals surface area contributed by atoms with Crippen molar-refractivity contribution in [1.82, 2.24) is 0 Å². The summed E-state index contributed by atoms with van der Waals surface area (Å²) >= 11 is 0. The van der Waals surface area contributed by atoms with Crippen molar-refractivity contribution in [3.63, 3.8) is 0 Å². The number of anilines is 1. The van der Waals surface area contributed by atoms with E-state index in [1.165, 1.54) is 35.4 Å². The summed E-state index contributed by atoms with van der Waals surface area (Å²) in [5.74, 6) is 1.10. The molecule has 3 heteroatoms. The van der Waals surface area contributed by atoms with Crippen molar-refractivity contribution in [1.29, 1.82) is 0 Å². The second-order valence-electron chi connectivity index (χ2n) is 10.9. The summed E-state index contributed by atoms with van der Waals surface area (Å²) in [7, 11) is 0. The minimum absolute atomic E-state index is 0.202. The summed E-state index contributed by atoms with van der Waals surface area (Å²) in [6, 6.07) is 6.81. The molecule has 2 heterocycles. The fourth-order valence-corrected chi connectivity index (χ4v) is 6.44. The number of aliphatic imine (C=N–C) groups is 1. The summed E-state index contributed by atoms with van der Waals surface area (Å²) in [6.45, 7) is 20.8. The Kier molecular flexibility index (Phi) is 5.52. The van der Waals surface area contributed by atoms with E-state index in [-0.39, 0.29) is 11.1 Å². The van der Waals surface area contributed by atoms with Gasteiger partial charge in [-0.1, -0.05) is 13.8 Å². The third-order valence-electron chi connectivity index (χ3n) is 7.63. The molecule has 3 nitrogen and oxygen atoms in total. The van der Waals surface area contributed by atoms with Crippen molar-refractivity contribution in [3.8, 4) is 0 Å². The molecule has 2 atom stereocenters. The van der Waals surface area contributed by atoms with Crippen LogP contribution in [-0.4, -0.2) is 40.2 Å². The number of allylic oxidation sites excluding steroid dienone is 4. The minimum Gasteiger partial charge on any atom is -0.366 e. The molecule has 0 saturated carbocycles. The molecule has 0 aromatic heterocycles. The molecule has 3 aliphatic rings. The predicted octanol–water partition coefficient (Wildman–Crippen LogP) is 6.66. The lowest BCUT2D eigenvalue weighted by molar-refractivity contribution is -0.602. The van der Waals surface area contributed by atoms with Crippen LogP contribution in [0.1, 0.15) is 79.7 Å². The highest BCUT2D eigenvalue weighted by Gasteiger charge is 2.42. The lowest BCUT2D eigenvalue weighted by Gasteiger charge is -2.47. The third-order valence-corrected chi connectivity index (χ3v) is 7.63. The van der Waals surface area contributed by atoms with Crippen LogP contribution in [0.25, 0.3) is 0 Å². The van der Waals surface area contributed by atoms with E-state index in [2.05, 4.69) is 101 Å². The molecular weight excluding hydrogens is 378 g/mol. The van der Waals surface area contributed by atoms with Crippen molar-refractivity contribution in [3.05, 3.63) is 47.6 Å². The summed E-state index contributed by atoms with van der Waals surface area (Å²) in [5, 5.41) is 0. The van der Waals surface area contributed by atoms with Crippen molar-refractivity contribution < 1.29 is 4.58 Å². The summed E-state index contributed by atoms with van der Waals surface area (Å²) in [4.78, 5) is 7.61. The average molecular weight is 419 g/mol. The van der Waals surface area contributed by atoms with Gasteiger partial charge in [0.2, 0.25) is 5.71 Å². The van der Waals surface area contributed by atoms with E-state index in [0.717, 1.165) is 24.5 Å². The maximum absolute atomic E-state index is 5.06. The molecule has 0 fully saturated rings. The van der Waals surface area contributed by atoms with Crippen LogP contribution in [0, 0.1) is 5.92 Å². The highest BCUT2D eigenvalue weighted by atomic mass is 15.2. The van der Waals surface area contributed by atoms with Crippen molar-refractivity contribution in [2.45, 2.75) is 85.2 Å². The normalized spacial score (nSPS) is 27.8. The second kappa shape index (κ2) is 7.76. The Hall–Kier alpha value is -2.16. The third kappa shape index (κ3) is 3.81. The van der Waals surface area contributed by atoms with Crippen LogP contribution in [0.15, 0.2) is 47.0 Å². The van der Waals surface area contributed by atoms with Gasteiger partial charge in [0.25, 0.3) is 0 Å². The first-order valence-electron chi connectivity index (χ1n) is 12.1. The van der Waals surface area contributed by atoms with Crippen molar-refractivity contribution >= 4 is 22.8 Å². The van der Waals surface area contributed by atoms with Crippen LogP contribution >= 0.6 is 0 Å². The van der Waals surface area contributed by atoms with Crippen LogP contribution < -0.4 is 4.90 Å². The highest BCUT2D eigenvalue weighted by Crippen LogP contribution is 2.44. The molecule has 0 spiro atoms. The first-order valence-corrected chi connectivity index (χ1v) is 12.1. The number of hydrogen-bond acceptors (Lipinski definition) is 2. The van der Waals surface area contributed by atoms with E-state index < -0.39 is 0 Å². The van der Waals surface area contributed by atoms with E-state index in [1.807, 2.05) is 0 Å². The van der Waals surface area contributed by atoms with Gasteiger partial charge in [0.05, 0.1) is 11.4 Å². The molecule has 1 aliphatic carbocycles. The monoisotopic (exact) mass is 418 g/mol. The molecular formula is C28H40N3+. The Balaban J connectivity index is 1.71. The van der Waals surface area contributed by atoms with Gasteiger partial charge in [-0.25, -0.2) is 9.57 Å². The van der Waals surface area contributed by atoms with Gasteiger partial charge in [0, 0.05) is 35.8 Å². The fraction of sp³-hybridized carbons (Fsp3) is 0.571. The molecule has 0 bridgehead atoms. The Labute approximate surface area is 189 Å². The van der Waals surface area contributed by atoms with Crippen LogP contribution in [0.5, 0.6) is 0 Å². The van der Waals surface area contributed by atoms with Crippen LogP contribution in [-0.2, 0) is 0 Å². The van der Waals surface area contributed by atoms with Crippen molar-refractivity contribution in [2.75, 3.05) is 18.0 Å². The minimum atomic E-state index is 0.202. The van der Waals surface area contributed by atoms with Gasteiger partial charge in [-0.2, -0.15) is 0 Å².